The summed E-state index contributed by atoms with van der Waals surface area (Å²) in [6.07, 6.45) is 1.03. The standard InChI is InChI=1S/C15H18N2O2S/c1-4-13-7-8-15(20-13)11(3)16-14-9-12(17(18)19)6-5-10(14)2/h5-9,11,16H,4H2,1-3H3. The minimum atomic E-state index is -0.365. The molecule has 1 atom stereocenters. The molecule has 0 spiro atoms. The summed E-state index contributed by atoms with van der Waals surface area (Å²) in [4.78, 5) is 13.1. The average Bonchev–Trinajstić information content (AvgIpc) is 2.89. The van der Waals surface area contributed by atoms with E-state index in [9.17, 15) is 10.1 Å². The second kappa shape index (κ2) is 6.05. The Morgan fingerprint density at radius 3 is 2.70 bits per heavy atom. The Morgan fingerprint density at radius 1 is 1.35 bits per heavy atom. The van der Waals surface area contributed by atoms with Crippen LogP contribution in [0.3, 0.4) is 0 Å². The maximum Gasteiger partial charge on any atom is 0.271 e. The minimum absolute atomic E-state index is 0.116. The van der Waals surface area contributed by atoms with Gasteiger partial charge in [-0.2, -0.15) is 0 Å². The molecule has 1 unspecified atom stereocenters. The Morgan fingerprint density at radius 2 is 2.10 bits per heavy atom. The van der Waals surface area contributed by atoms with Gasteiger partial charge in [0.1, 0.15) is 0 Å². The van der Waals surface area contributed by atoms with Gasteiger partial charge in [-0.1, -0.05) is 13.0 Å². The monoisotopic (exact) mass is 290 g/mol. The number of hydrogen-bond acceptors (Lipinski definition) is 4. The smallest absolute Gasteiger partial charge is 0.271 e. The number of nitro benzene ring substituents is 1. The fourth-order valence-corrected chi connectivity index (χ4v) is 2.96. The molecule has 2 aromatic rings. The number of thiophene rings is 1. The van der Waals surface area contributed by atoms with Crippen molar-refractivity contribution in [1.82, 2.24) is 0 Å². The van der Waals surface area contributed by atoms with Crippen molar-refractivity contribution in [3.63, 3.8) is 0 Å². The lowest BCUT2D eigenvalue weighted by atomic mass is 10.1. The number of aryl methyl sites for hydroxylation is 2. The van der Waals surface area contributed by atoms with Crippen molar-refractivity contribution in [2.45, 2.75) is 33.2 Å². The lowest BCUT2D eigenvalue weighted by Crippen LogP contribution is -2.06. The predicted molar refractivity (Wildman–Crippen MR) is 83.6 cm³/mol. The van der Waals surface area contributed by atoms with Crippen LogP contribution in [0.5, 0.6) is 0 Å². The Labute approximate surface area is 122 Å². The Hall–Kier alpha value is -1.88. The maximum absolute atomic E-state index is 10.8. The van der Waals surface area contributed by atoms with Crippen molar-refractivity contribution in [3.8, 4) is 0 Å². The molecular weight excluding hydrogens is 272 g/mol. The van der Waals surface area contributed by atoms with Crippen LogP contribution in [0.1, 0.15) is 35.2 Å². The van der Waals surface area contributed by atoms with Gasteiger partial charge in [0.25, 0.3) is 5.69 Å². The molecule has 0 bridgehead atoms. The number of nitrogens with one attached hydrogen (secondary N) is 1. The molecule has 1 heterocycles. The second-order valence-corrected chi connectivity index (χ2v) is 5.98. The Bertz CT molecular complexity index is 622. The fraction of sp³-hybridized carbons (Fsp3) is 0.333. The van der Waals surface area contributed by atoms with Gasteiger partial charge in [-0.05, 0) is 38.0 Å². The number of hydrogen-bond donors (Lipinski definition) is 1. The zero-order valence-electron chi connectivity index (χ0n) is 11.8. The third kappa shape index (κ3) is 3.17. The summed E-state index contributed by atoms with van der Waals surface area (Å²) in [5, 5.41) is 14.2. The van der Waals surface area contributed by atoms with Crippen LogP contribution in [-0.4, -0.2) is 4.92 Å². The van der Waals surface area contributed by atoms with E-state index in [1.807, 2.05) is 6.92 Å². The number of non-ortho nitro benzene ring substituents is 1. The van der Waals surface area contributed by atoms with Gasteiger partial charge in [0.05, 0.1) is 11.0 Å². The minimum Gasteiger partial charge on any atom is -0.377 e. The number of benzene rings is 1. The molecule has 1 aromatic carbocycles. The Kier molecular flexibility index (Phi) is 4.39. The van der Waals surface area contributed by atoms with Gasteiger partial charge in [-0.15, -0.1) is 11.3 Å². The molecule has 0 saturated heterocycles. The molecule has 4 nitrogen and oxygen atoms in total. The van der Waals surface area contributed by atoms with Crippen LogP contribution in [0, 0.1) is 17.0 Å². The van der Waals surface area contributed by atoms with E-state index < -0.39 is 0 Å². The van der Waals surface area contributed by atoms with E-state index in [0.29, 0.717) is 0 Å². The first kappa shape index (κ1) is 14.5. The second-order valence-electron chi connectivity index (χ2n) is 4.78. The number of nitro groups is 1. The zero-order valence-corrected chi connectivity index (χ0v) is 12.7. The van der Waals surface area contributed by atoms with Crippen LogP contribution in [0.25, 0.3) is 0 Å². The quantitative estimate of drug-likeness (QED) is 0.641. The molecule has 0 aliphatic rings. The normalized spacial score (nSPS) is 12.2. The molecular formula is C15H18N2O2S. The molecule has 106 valence electrons. The van der Waals surface area contributed by atoms with Gasteiger partial charge < -0.3 is 5.32 Å². The van der Waals surface area contributed by atoms with Gasteiger partial charge in [0, 0.05) is 27.6 Å². The molecule has 0 saturated carbocycles. The molecule has 0 aliphatic heterocycles. The summed E-state index contributed by atoms with van der Waals surface area (Å²) < 4.78 is 0. The zero-order chi connectivity index (χ0) is 14.7. The van der Waals surface area contributed by atoms with Crippen LogP contribution in [0.2, 0.25) is 0 Å². The van der Waals surface area contributed by atoms with Gasteiger partial charge >= 0.3 is 0 Å². The summed E-state index contributed by atoms with van der Waals surface area (Å²) in [7, 11) is 0. The number of nitrogens with zero attached hydrogens (tertiary/aromatic N) is 1. The molecule has 0 radical (unpaired) electrons. The molecule has 5 heteroatoms. The number of anilines is 1. The van der Waals surface area contributed by atoms with E-state index >= 15 is 0 Å². The lowest BCUT2D eigenvalue weighted by Gasteiger charge is -2.15. The summed E-state index contributed by atoms with van der Waals surface area (Å²) in [5.41, 5.74) is 1.94. The average molecular weight is 290 g/mol. The highest BCUT2D eigenvalue weighted by Crippen LogP contribution is 2.29. The van der Waals surface area contributed by atoms with Crippen LogP contribution in [0.4, 0.5) is 11.4 Å². The van der Waals surface area contributed by atoms with Crippen molar-refractivity contribution in [2.24, 2.45) is 0 Å². The van der Waals surface area contributed by atoms with E-state index in [4.69, 9.17) is 0 Å². The molecule has 2 rings (SSSR count). The molecule has 0 fully saturated rings. The third-order valence-electron chi connectivity index (χ3n) is 3.26. The van der Waals surface area contributed by atoms with E-state index in [-0.39, 0.29) is 16.7 Å². The Balaban J connectivity index is 2.20. The van der Waals surface area contributed by atoms with Gasteiger partial charge in [-0.3, -0.25) is 10.1 Å². The first-order valence-corrected chi connectivity index (χ1v) is 7.43. The van der Waals surface area contributed by atoms with E-state index in [0.717, 1.165) is 17.7 Å². The fourth-order valence-electron chi connectivity index (χ4n) is 2.00. The van der Waals surface area contributed by atoms with Crippen LogP contribution in [-0.2, 0) is 6.42 Å². The maximum atomic E-state index is 10.8. The van der Waals surface area contributed by atoms with Crippen molar-refractivity contribution < 1.29 is 4.92 Å². The van der Waals surface area contributed by atoms with Gasteiger partial charge in [-0.25, -0.2) is 0 Å². The summed E-state index contributed by atoms with van der Waals surface area (Å²) in [6, 6.07) is 9.30. The van der Waals surface area contributed by atoms with Crippen LogP contribution in [0.15, 0.2) is 30.3 Å². The largest absolute Gasteiger partial charge is 0.377 e. The van der Waals surface area contributed by atoms with Crippen molar-refractivity contribution in [3.05, 3.63) is 55.8 Å². The highest BCUT2D eigenvalue weighted by molar-refractivity contribution is 7.12. The molecule has 1 aromatic heterocycles. The number of rotatable bonds is 5. The van der Waals surface area contributed by atoms with Crippen LogP contribution >= 0.6 is 11.3 Å². The van der Waals surface area contributed by atoms with E-state index in [1.165, 1.54) is 15.8 Å². The first-order chi connectivity index (χ1) is 9.51. The highest BCUT2D eigenvalue weighted by atomic mass is 32.1. The van der Waals surface area contributed by atoms with Crippen molar-refractivity contribution >= 4 is 22.7 Å². The van der Waals surface area contributed by atoms with Crippen LogP contribution < -0.4 is 5.32 Å². The summed E-state index contributed by atoms with van der Waals surface area (Å²) >= 11 is 1.78. The molecule has 20 heavy (non-hydrogen) atoms. The SMILES string of the molecule is CCc1ccc(C(C)Nc2cc([N+](=O)[O-])ccc2C)s1. The van der Waals surface area contributed by atoms with E-state index in [1.54, 1.807) is 23.5 Å². The first-order valence-electron chi connectivity index (χ1n) is 6.61. The molecule has 0 amide bonds. The summed E-state index contributed by atoms with van der Waals surface area (Å²) in [5.74, 6) is 0. The molecule has 1 N–H and O–H groups in total. The topological polar surface area (TPSA) is 55.2 Å². The van der Waals surface area contributed by atoms with Gasteiger partial charge in [0.15, 0.2) is 0 Å². The van der Waals surface area contributed by atoms with Gasteiger partial charge in [0.2, 0.25) is 0 Å². The highest BCUT2D eigenvalue weighted by Gasteiger charge is 2.13. The van der Waals surface area contributed by atoms with E-state index in [2.05, 4.69) is 31.3 Å². The van der Waals surface area contributed by atoms with Crippen molar-refractivity contribution in [2.75, 3.05) is 5.32 Å². The third-order valence-corrected chi connectivity index (χ3v) is 4.67. The predicted octanol–water partition coefficient (Wildman–Crippen LogP) is 4.70. The van der Waals surface area contributed by atoms with Crippen molar-refractivity contribution in [1.29, 1.82) is 0 Å². The lowest BCUT2D eigenvalue weighted by molar-refractivity contribution is -0.384. The summed E-state index contributed by atoms with van der Waals surface area (Å²) in [6.45, 7) is 6.16. The molecule has 0 aliphatic carbocycles.